The van der Waals surface area contributed by atoms with Gasteiger partial charge in [0, 0.05) is 18.4 Å². The molecule has 30 heavy (non-hydrogen) atoms. The maximum Gasteiger partial charge on any atom is 0.256 e. The Labute approximate surface area is 175 Å². The number of aromatic hydroxyl groups is 1. The summed E-state index contributed by atoms with van der Waals surface area (Å²) in [5.41, 5.74) is 2.85. The van der Waals surface area contributed by atoms with Crippen LogP contribution < -0.4 is 0 Å². The molecule has 0 radical (unpaired) electrons. The third-order valence-corrected chi connectivity index (χ3v) is 6.08. The van der Waals surface area contributed by atoms with Gasteiger partial charge in [0.2, 0.25) is 0 Å². The average Bonchev–Trinajstić information content (AvgIpc) is 3.14. The predicted octanol–water partition coefficient (Wildman–Crippen LogP) is 5.58. The second-order valence-electron chi connectivity index (χ2n) is 8.03. The quantitative estimate of drug-likeness (QED) is 0.550. The number of hydrogen-bond donors (Lipinski definition) is 1. The van der Waals surface area contributed by atoms with Crippen molar-refractivity contribution in [1.82, 2.24) is 10.1 Å². The lowest BCUT2D eigenvalue weighted by Gasteiger charge is -2.30. The maximum atomic E-state index is 13.4. The van der Waals surface area contributed by atoms with Gasteiger partial charge in [0.05, 0.1) is 5.56 Å². The smallest absolute Gasteiger partial charge is 0.256 e. The fourth-order valence-electron chi connectivity index (χ4n) is 4.49. The summed E-state index contributed by atoms with van der Waals surface area (Å²) in [7, 11) is 2.05. The van der Waals surface area contributed by atoms with Crippen LogP contribution >= 0.6 is 0 Å². The highest BCUT2D eigenvalue weighted by Gasteiger charge is 2.31. The van der Waals surface area contributed by atoms with E-state index in [1.807, 2.05) is 0 Å². The molecule has 1 aliphatic carbocycles. The van der Waals surface area contributed by atoms with Crippen molar-refractivity contribution in [3.8, 4) is 5.88 Å². The van der Waals surface area contributed by atoms with E-state index in [0.29, 0.717) is 0 Å². The Morgan fingerprint density at radius 3 is 2.27 bits per heavy atom. The highest BCUT2D eigenvalue weighted by molar-refractivity contribution is 5.34. The van der Waals surface area contributed by atoms with Gasteiger partial charge in [-0.2, -0.15) is 0 Å². The number of fused-ring (bicyclic) bond motifs is 1. The molecule has 3 aromatic rings. The first-order chi connectivity index (χ1) is 14.5. The van der Waals surface area contributed by atoms with Crippen molar-refractivity contribution in [3.63, 3.8) is 0 Å². The Bertz CT molecular complexity index is 924. The number of benzene rings is 2. The summed E-state index contributed by atoms with van der Waals surface area (Å²) in [4.78, 5) is 2.24. The number of aryl methyl sites for hydroxylation is 1. The molecule has 6 heteroatoms. The minimum atomic E-state index is -0.266. The van der Waals surface area contributed by atoms with E-state index in [-0.39, 0.29) is 29.5 Å². The van der Waals surface area contributed by atoms with Gasteiger partial charge in [-0.05, 0) is 79.8 Å². The normalized spacial score (nSPS) is 16.2. The zero-order valence-electron chi connectivity index (χ0n) is 17.0. The van der Waals surface area contributed by atoms with E-state index < -0.39 is 0 Å². The molecule has 1 N–H and O–H groups in total. The highest BCUT2D eigenvalue weighted by atomic mass is 19.1. The van der Waals surface area contributed by atoms with Crippen LogP contribution in [0.5, 0.6) is 5.88 Å². The lowest BCUT2D eigenvalue weighted by molar-refractivity contribution is 0.208. The fraction of sp³-hybridized carbons (Fsp3) is 0.375. The Balaban J connectivity index is 1.46. The van der Waals surface area contributed by atoms with Gasteiger partial charge in [-0.25, -0.2) is 8.78 Å². The van der Waals surface area contributed by atoms with Crippen molar-refractivity contribution in [2.45, 2.75) is 44.1 Å². The van der Waals surface area contributed by atoms with Gasteiger partial charge < -0.3 is 9.63 Å². The van der Waals surface area contributed by atoms with Crippen LogP contribution in [0, 0.1) is 11.6 Å². The van der Waals surface area contributed by atoms with Crippen LogP contribution in [-0.4, -0.2) is 28.8 Å². The predicted molar refractivity (Wildman–Crippen MR) is 110 cm³/mol. The summed E-state index contributed by atoms with van der Waals surface area (Å²) in [6.07, 6.45) is 4.51. The molecule has 1 aliphatic rings. The topological polar surface area (TPSA) is 49.5 Å². The van der Waals surface area contributed by atoms with Crippen LogP contribution in [0.3, 0.4) is 0 Å². The second kappa shape index (κ2) is 8.96. The van der Waals surface area contributed by atoms with E-state index in [2.05, 4.69) is 17.1 Å². The van der Waals surface area contributed by atoms with Crippen LogP contribution in [-0.2, 0) is 6.42 Å². The van der Waals surface area contributed by atoms with E-state index in [1.54, 1.807) is 24.3 Å². The first-order valence-corrected chi connectivity index (χ1v) is 10.4. The van der Waals surface area contributed by atoms with Gasteiger partial charge in [0.15, 0.2) is 0 Å². The van der Waals surface area contributed by atoms with E-state index >= 15 is 0 Å². The molecule has 0 bridgehead atoms. The molecular formula is C24H26F2N2O2. The van der Waals surface area contributed by atoms with E-state index in [9.17, 15) is 13.9 Å². The summed E-state index contributed by atoms with van der Waals surface area (Å²) in [5.74, 6) is 0.310. The number of halogens is 2. The third-order valence-electron chi connectivity index (χ3n) is 6.08. The minimum Gasteiger partial charge on any atom is -0.491 e. The summed E-state index contributed by atoms with van der Waals surface area (Å²) in [6.45, 7) is 0.827. The largest absolute Gasteiger partial charge is 0.491 e. The third kappa shape index (κ3) is 4.38. The van der Waals surface area contributed by atoms with Gasteiger partial charge in [0.1, 0.15) is 17.4 Å². The average molecular weight is 412 g/mol. The molecule has 0 aliphatic heterocycles. The zero-order chi connectivity index (χ0) is 21.1. The van der Waals surface area contributed by atoms with Gasteiger partial charge >= 0.3 is 0 Å². The number of hydrogen-bond acceptors (Lipinski definition) is 4. The van der Waals surface area contributed by atoms with Crippen LogP contribution in [0.25, 0.3) is 0 Å². The van der Waals surface area contributed by atoms with Crippen LogP contribution in [0.15, 0.2) is 53.1 Å². The maximum absolute atomic E-state index is 13.4. The Morgan fingerprint density at radius 1 is 1.07 bits per heavy atom. The van der Waals surface area contributed by atoms with Gasteiger partial charge in [-0.15, -0.1) is 0 Å². The Morgan fingerprint density at radius 2 is 1.67 bits per heavy atom. The number of nitrogens with zero attached hydrogens (tertiary/aromatic N) is 2. The molecule has 0 saturated heterocycles. The van der Waals surface area contributed by atoms with Gasteiger partial charge in [-0.1, -0.05) is 24.3 Å². The lowest BCUT2D eigenvalue weighted by atomic mass is 9.87. The Hall–Kier alpha value is -2.73. The SMILES string of the molecule is CN(CCCC(c1ccc(F)cc1)c1ccc(F)cc1)[C@H]1CCCc2onc(O)c21. The standard InChI is InChI=1S/C24H26F2N2O2/c1-28(21-5-2-6-22-23(21)24(29)27-30-22)15-3-4-20(16-7-11-18(25)12-8-16)17-9-13-19(26)14-10-17/h7-14,20-21H,2-6,15H2,1H3,(H,27,29)/t21-/m0/s1. The minimum absolute atomic E-state index is 0.00273. The summed E-state index contributed by atoms with van der Waals surface area (Å²) in [6, 6.07) is 13.2. The molecule has 4 rings (SSSR count). The molecule has 0 spiro atoms. The van der Waals surface area contributed by atoms with Crippen molar-refractivity contribution in [3.05, 3.63) is 82.6 Å². The number of aromatic nitrogens is 1. The van der Waals surface area contributed by atoms with E-state index in [4.69, 9.17) is 4.52 Å². The molecule has 1 atom stereocenters. The van der Waals surface area contributed by atoms with Crippen LogP contribution in [0.2, 0.25) is 0 Å². The van der Waals surface area contributed by atoms with Crippen molar-refractivity contribution in [2.75, 3.05) is 13.6 Å². The highest BCUT2D eigenvalue weighted by Crippen LogP contribution is 2.39. The van der Waals surface area contributed by atoms with Crippen LogP contribution in [0.4, 0.5) is 8.78 Å². The molecule has 158 valence electrons. The van der Waals surface area contributed by atoms with Gasteiger partial charge in [0.25, 0.3) is 5.88 Å². The summed E-state index contributed by atoms with van der Waals surface area (Å²) >= 11 is 0. The van der Waals surface area contributed by atoms with Crippen LogP contribution in [0.1, 0.15) is 60.1 Å². The van der Waals surface area contributed by atoms with E-state index in [1.165, 1.54) is 24.3 Å². The molecule has 0 amide bonds. The monoisotopic (exact) mass is 412 g/mol. The molecule has 2 aromatic carbocycles. The molecule has 1 aromatic heterocycles. The first kappa shape index (κ1) is 20.5. The molecule has 0 saturated carbocycles. The van der Waals surface area contributed by atoms with Crippen molar-refractivity contribution in [2.24, 2.45) is 0 Å². The zero-order valence-corrected chi connectivity index (χ0v) is 17.0. The molecule has 0 unspecified atom stereocenters. The molecule has 0 fully saturated rings. The first-order valence-electron chi connectivity index (χ1n) is 10.4. The summed E-state index contributed by atoms with van der Waals surface area (Å²) in [5, 5.41) is 13.8. The van der Waals surface area contributed by atoms with E-state index in [0.717, 1.165) is 61.1 Å². The summed E-state index contributed by atoms with van der Waals surface area (Å²) < 4.78 is 32.1. The molecule has 4 nitrogen and oxygen atoms in total. The second-order valence-corrected chi connectivity index (χ2v) is 8.03. The van der Waals surface area contributed by atoms with Crippen molar-refractivity contribution >= 4 is 0 Å². The fourth-order valence-corrected chi connectivity index (χ4v) is 4.49. The number of rotatable bonds is 7. The Kier molecular flexibility index (Phi) is 6.13. The molecule has 1 heterocycles. The van der Waals surface area contributed by atoms with Crippen molar-refractivity contribution in [1.29, 1.82) is 0 Å². The lowest BCUT2D eigenvalue weighted by Crippen LogP contribution is -2.28. The van der Waals surface area contributed by atoms with Gasteiger partial charge in [-0.3, -0.25) is 4.90 Å². The molecular weight excluding hydrogens is 386 g/mol. The van der Waals surface area contributed by atoms with Crippen molar-refractivity contribution < 1.29 is 18.4 Å².